The van der Waals surface area contributed by atoms with Crippen LogP contribution in [0.5, 0.6) is 0 Å². The fourth-order valence-corrected chi connectivity index (χ4v) is 3.92. The van der Waals surface area contributed by atoms with Crippen LogP contribution in [-0.2, 0) is 10.0 Å². The average molecular weight is 388 g/mol. The van der Waals surface area contributed by atoms with Crippen LogP contribution in [0.1, 0.15) is 11.1 Å². The van der Waals surface area contributed by atoms with Gasteiger partial charge in [-0.3, -0.25) is 4.72 Å². The first-order valence-corrected chi connectivity index (χ1v) is 9.78. The minimum Gasteiger partial charge on any atom is -0.340 e. The van der Waals surface area contributed by atoms with Crippen LogP contribution < -0.4 is 10.0 Å². The summed E-state index contributed by atoms with van der Waals surface area (Å²) in [6.45, 7) is 3.63. The molecule has 0 aliphatic rings. The highest BCUT2D eigenvalue weighted by Crippen LogP contribution is 2.22. The summed E-state index contributed by atoms with van der Waals surface area (Å²) in [7, 11) is -3.67. The summed E-state index contributed by atoms with van der Waals surface area (Å²) in [4.78, 5) is 4.51. The van der Waals surface area contributed by atoms with Crippen molar-refractivity contribution in [3.63, 3.8) is 0 Å². The lowest BCUT2D eigenvalue weighted by atomic mass is 10.2. The summed E-state index contributed by atoms with van der Waals surface area (Å²) in [5.41, 5.74) is 2.81. The van der Waals surface area contributed by atoms with E-state index in [-0.39, 0.29) is 4.90 Å². The zero-order valence-electron chi connectivity index (χ0n) is 14.3. The number of pyridine rings is 1. The van der Waals surface area contributed by atoms with E-state index in [0.717, 1.165) is 11.3 Å². The van der Waals surface area contributed by atoms with Crippen molar-refractivity contribution in [2.24, 2.45) is 0 Å². The Morgan fingerprint density at radius 2 is 1.62 bits per heavy atom. The molecule has 0 radical (unpaired) electrons. The van der Waals surface area contributed by atoms with Crippen LogP contribution in [-0.4, -0.2) is 13.4 Å². The molecule has 3 rings (SSSR count). The monoisotopic (exact) mass is 387 g/mol. The van der Waals surface area contributed by atoms with E-state index in [1.807, 2.05) is 25.1 Å². The second kappa shape index (κ2) is 7.35. The smallest absolute Gasteiger partial charge is 0.262 e. The SMILES string of the molecule is Cc1ccc(C)c(S(=O)(=O)Nc2ccc(Nc3ccc(Cl)cc3)nc2)c1. The Hall–Kier alpha value is -2.57. The molecule has 7 heteroatoms. The van der Waals surface area contributed by atoms with Gasteiger partial charge in [-0.05, 0) is 67.4 Å². The number of benzene rings is 2. The van der Waals surface area contributed by atoms with Crippen LogP contribution in [0.2, 0.25) is 5.02 Å². The predicted octanol–water partition coefficient (Wildman–Crippen LogP) is 4.90. The van der Waals surface area contributed by atoms with Gasteiger partial charge in [-0.15, -0.1) is 0 Å². The van der Waals surface area contributed by atoms with E-state index in [1.54, 1.807) is 43.3 Å². The van der Waals surface area contributed by atoms with Gasteiger partial charge in [0.15, 0.2) is 0 Å². The molecular formula is C19H18ClN3O2S. The lowest BCUT2D eigenvalue weighted by Gasteiger charge is -2.12. The van der Waals surface area contributed by atoms with Gasteiger partial charge in [-0.1, -0.05) is 23.7 Å². The summed E-state index contributed by atoms with van der Waals surface area (Å²) < 4.78 is 27.8. The zero-order chi connectivity index (χ0) is 18.7. The van der Waals surface area contributed by atoms with Crippen molar-refractivity contribution >= 4 is 38.8 Å². The highest BCUT2D eigenvalue weighted by Gasteiger charge is 2.17. The maximum Gasteiger partial charge on any atom is 0.262 e. The second-order valence-corrected chi connectivity index (χ2v) is 8.03. The molecule has 1 heterocycles. The number of hydrogen-bond donors (Lipinski definition) is 2. The maximum atomic E-state index is 12.6. The first-order chi connectivity index (χ1) is 12.3. The lowest BCUT2D eigenvalue weighted by Crippen LogP contribution is -2.14. The molecule has 0 aliphatic carbocycles. The number of aromatic nitrogens is 1. The van der Waals surface area contributed by atoms with Crippen LogP contribution in [0.4, 0.5) is 17.2 Å². The molecule has 2 N–H and O–H groups in total. The topological polar surface area (TPSA) is 71.1 Å². The van der Waals surface area contributed by atoms with Crippen LogP contribution >= 0.6 is 11.6 Å². The Balaban J connectivity index is 1.76. The summed E-state index contributed by atoms with van der Waals surface area (Å²) in [5, 5.41) is 3.77. The van der Waals surface area contributed by atoms with Gasteiger partial charge in [0.25, 0.3) is 10.0 Å². The molecule has 0 unspecified atom stereocenters. The normalized spacial score (nSPS) is 11.2. The Morgan fingerprint density at radius 1 is 0.923 bits per heavy atom. The summed E-state index contributed by atoms with van der Waals surface area (Å²) in [6.07, 6.45) is 1.47. The van der Waals surface area contributed by atoms with Crippen LogP contribution in [0.25, 0.3) is 0 Å². The van der Waals surface area contributed by atoms with E-state index in [2.05, 4.69) is 15.0 Å². The molecule has 0 bridgehead atoms. The van der Waals surface area contributed by atoms with Crippen LogP contribution in [0, 0.1) is 13.8 Å². The molecule has 0 fully saturated rings. The van der Waals surface area contributed by atoms with Crippen molar-refractivity contribution in [1.82, 2.24) is 4.98 Å². The predicted molar refractivity (Wildman–Crippen MR) is 106 cm³/mol. The van der Waals surface area contributed by atoms with Crippen molar-refractivity contribution in [3.05, 3.63) is 76.9 Å². The first kappa shape index (κ1) is 18.2. The standard InChI is InChI=1S/C19H18ClN3O2S/c1-13-3-4-14(2)18(11-13)26(24,25)23-17-9-10-19(21-12-17)22-16-7-5-15(20)6-8-16/h3-12,23H,1-2H3,(H,21,22). The third-order valence-electron chi connectivity index (χ3n) is 3.77. The van der Waals surface area contributed by atoms with E-state index in [9.17, 15) is 8.42 Å². The lowest BCUT2D eigenvalue weighted by molar-refractivity contribution is 0.600. The van der Waals surface area contributed by atoms with Gasteiger partial charge in [0.1, 0.15) is 5.82 Å². The van der Waals surface area contributed by atoms with Crippen molar-refractivity contribution < 1.29 is 8.42 Å². The van der Waals surface area contributed by atoms with Gasteiger partial charge in [-0.2, -0.15) is 0 Å². The second-order valence-electron chi connectivity index (χ2n) is 5.94. The van der Waals surface area contributed by atoms with Gasteiger partial charge in [0.2, 0.25) is 0 Å². The quantitative estimate of drug-likeness (QED) is 0.653. The first-order valence-electron chi connectivity index (χ1n) is 7.92. The Kier molecular flexibility index (Phi) is 5.15. The molecule has 2 aromatic carbocycles. The van der Waals surface area contributed by atoms with Gasteiger partial charge in [0.05, 0.1) is 16.8 Å². The fraction of sp³-hybridized carbons (Fsp3) is 0.105. The number of aryl methyl sites for hydroxylation is 2. The van der Waals surface area contributed by atoms with E-state index < -0.39 is 10.0 Å². The molecule has 134 valence electrons. The van der Waals surface area contributed by atoms with Gasteiger partial charge >= 0.3 is 0 Å². The van der Waals surface area contributed by atoms with Crippen molar-refractivity contribution in [1.29, 1.82) is 0 Å². The number of hydrogen-bond acceptors (Lipinski definition) is 4. The van der Waals surface area contributed by atoms with Crippen LogP contribution in [0.3, 0.4) is 0 Å². The number of anilines is 3. The largest absolute Gasteiger partial charge is 0.340 e. The highest BCUT2D eigenvalue weighted by atomic mass is 35.5. The number of rotatable bonds is 5. The molecule has 1 aromatic heterocycles. The number of nitrogens with zero attached hydrogens (tertiary/aromatic N) is 1. The Bertz CT molecular complexity index is 1020. The zero-order valence-corrected chi connectivity index (χ0v) is 15.9. The minimum absolute atomic E-state index is 0.265. The summed E-state index contributed by atoms with van der Waals surface area (Å²) in [6, 6.07) is 15.9. The van der Waals surface area contributed by atoms with E-state index >= 15 is 0 Å². The molecular weight excluding hydrogens is 370 g/mol. The third-order valence-corrected chi connectivity index (χ3v) is 5.54. The van der Waals surface area contributed by atoms with Crippen molar-refractivity contribution in [3.8, 4) is 0 Å². The number of sulfonamides is 1. The fourth-order valence-electron chi connectivity index (χ4n) is 2.42. The summed E-state index contributed by atoms with van der Waals surface area (Å²) >= 11 is 5.86. The van der Waals surface area contributed by atoms with Crippen LogP contribution in [0.15, 0.2) is 65.7 Å². The minimum atomic E-state index is -3.67. The summed E-state index contributed by atoms with van der Waals surface area (Å²) in [5.74, 6) is 0.599. The molecule has 5 nitrogen and oxygen atoms in total. The molecule has 0 amide bonds. The highest BCUT2D eigenvalue weighted by molar-refractivity contribution is 7.92. The Labute approximate surface area is 158 Å². The van der Waals surface area contributed by atoms with E-state index in [1.165, 1.54) is 6.20 Å². The number of halogens is 1. The molecule has 0 aliphatic heterocycles. The van der Waals surface area contributed by atoms with Gasteiger partial charge in [0, 0.05) is 10.7 Å². The van der Waals surface area contributed by atoms with E-state index in [0.29, 0.717) is 22.1 Å². The Morgan fingerprint density at radius 3 is 2.27 bits per heavy atom. The van der Waals surface area contributed by atoms with Crippen molar-refractivity contribution in [2.45, 2.75) is 18.7 Å². The number of nitrogens with one attached hydrogen (secondary N) is 2. The third kappa shape index (κ3) is 4.33. The molecule has 0 atom stereocenters. The molecule has 0 spiro atoms. The molecule has 0 saturated heterocycles. The van der Waals surface area contributed by atoms with Crippen molar-refractivity contribution in [2.75, 3.05) is 10.0 Å². The maximum absolute atomic E-state index is 12.6. The molecule has 26 heavy (non-hydrogen) atoms. The average Bonchev–Trinajstić information content (AvgIpc) is 2.60. The van der Waals surface area contributed by atoms with E-state index in [4.69, 9.17) is 11.6 Å². The van der Waals surface area contributed by atoms with Gasteiger partial charge in [-0.25, -0.2) is 13.4 Å². The molecule has 0 saturated carbocycles. The van der Waals surface area contributed by atoms with Gasteiger partial charge < -0.3 is 5.32 Å². The molecule has 3 aromatic rings.